The molecule has 1 amide bonds. The van der Waals surface area contributed by atoms with Crippen LogP contribution in [0.25, 0.3) is 11.0 Å². The molecule has 4 aromatic carbocycles. The topological polar surface area (TPSA) is 73.7 Å². The van der Waals surface area contributed by atoms with Crippen molar-refractivity contribution < 1.29 is 19.1 Å². The second-order valence-corrected chi connectivity index (χ2v) is 9.34. The summed E-state index contributed by atoms with van der Waals surface area (Å²) in [7, 11) is 0. The van der Waals surface area contributed by atoms with Crippen molar-refractivity contribution in [2.45, 2.75) is 19.5 Å². The highest BCUT2D eigenvalue weighted by Gasteiger charge is 2.48. The summed E-state index contributed by atoms with van der Waals surface area (Å²) in [6.07, 6.45) is 0. The molecule has 0 spiro atoms. The monoisotopic (exact) mass is 517 g/mol. The van der Waals surface area contributed by atoms with Gasteiger partial charge in [-0.05, 0) is 54.4 Å². The molecular formula is C32H27N3O4. The van der Waals surface area contributed by atoms with Gasteiger partial charge in [-0.15, -0.1) is 0 Å². The fourth-order valence-corrected chi connectivity index (χ4v) is 5.15. The molecule has 194 valence electrons. The average molecular weight is 518 g/mol. The molecule has 1 aromatic heterocycles. The standard InChI is InChI=1S/C32H27N3O4/c1-2-38-31(37)28-29(23-14-11-17-25(20-23)39-24-15-7-4-8-16-24)35-27-19-10-9-18-26(27)33-32(35)34(30(28)36)21-22-12-5-3-6-13-22/h3-20,28-29H,2,21H2,1H3/t28-,29+/m1/s1. The number of rotatable bonds is 7. The van der Waals surface area contributed by atoms with Crippen LogP contribution in [0.2, 0.25) is 0 Å². The number of ether oxygens (including phenoxy) is 2. The fourth-order valence-electron chi connectivity index (χ4n) is 5.15. The van der Waals surface area contributed by atoms with E-state index in [0.717, 1.165) is 22.2 Å². The van der Waals surface area contributed by atoms with E-state index in [-0.39, 0.29) is 19.1 Å². The summed E-state index contributed by atoms with van der Waals surface area (Å²) in [4.78, 5) is 34.2. The number of esters is 1. The maximum atomic E-state index is 14.2. The minimum Gasteiger partial charge on any atom is -0.465 e. The second-order valence-electron chi connectivity index (χ2n) is 9.34. The van der Waals surface area contributed by atoms with Crippen molar-refractivity contribution >= 4 is 28.9 Å². The molecular weight excluding hydrogens is 490 g/mol. The van der Waals surface area contributed by atoms with Gasteiger partial charge in [-0.25, -0.2) is 4.98 Å². The van der Waals surface area contributed by atoms with E-state index >= 15 is 0 Å². The summed E-state index contributed by atoms with van der Waals surface area (Å²) < 4.78 is 13.6. The minimum atomic E-state index is -1.11. The van der Waals surface area contributed by atoms with Crippen LogP contribution in [-0.4, -0.2) is 28.0 Å². The highest BCUT2D eigenvalue weighted by atomic mass is 16.5. The number of nitrogens with zero attached hydrogens (tertiary/aromatic N) is 3. The molecule has 0 saturated heterocycles. The third-order valence-corrected chi connectivity index (χ3v) is 6.85. The molecule has 1 aliphatic rings. The Bertz CT molecular complexity index is 1630. The molecule has 1 aliphatic heterocycles. The molecule has 39 heavy (non-hydrogen) atoms. The van der Waals surface area contributed by atoms with Gasteiger partial charge in [0.05, 0.1) is 30.2 Å². The Morgan fingerprint density at radius 2 is 1.54 bits per heavy atom. The number of fused-ring (bicyclic) bond motifs is 3. The first-order valence-corrected chi connectivity index (χ1v) is 13.0. The number of hydrogen-bond donors (Lipinski definition) is 0. The Labute approximate surface area is 226 Å². The van der Waals surface area contributed by atoms with Crippen LogP contribution in [0.15, 0.2) is 109 Å². The predicted molar refractivity (Wildman–Crippen MR) is 149 cm³/mol. The van der Waals surface area contributed by atoms with Crippen molar-refractivity contribution in [3.8, 4) is 11.5 Å². The van der Waals surface area contributed by atoms with E-state index in [0.29, 0.717) is 17.4 Å². The number of anilines is 1. The van der Waals surface area contributed by atoms with Crippen LogP contribution in [0.4, 0.5) is 5.95 Å². The van der Waals surface area contributed by atoms with Crippen molar-refractivity contribution in [3.05, 3.63) is 120 Å². The number of imidazole rings is 1. The maximum absolute atomic E-state index is 14.2. The van der Waals surface area contributed by atoms with Crippen LogP contribution in [0.1, 0.15) is 24.1 Å². The molecule has 5 aromatic rings. The van der Waals surface area contributed by atoms with Crippen molar-refractivity contribution in [3.63, 3.8) is 0 Å². The van der Waals surface area contributed by atoms with Gasteiger partial charge in [0, 0.05) is 0 Å². The SMILES string of the molecule is CCOC(=O)[C@H]1C(=O)N(Cc2ccccc2)c2nc3ccccc3n2[C@H]1c1cccc(Oc2ccccc2)c1. The Kier molecular flexibility index (Phi) is 6.55. The number of aromatic nitrogens is 2. The van der Waals surface area contributed by atoms with Gasteiger partial charge in [0.1, 0.15) is 11.5 Å². The lowest BCUT2D eigenvalue weighted by Crippen LogP contribution is -2.49. The number of amides is 1. The first kappa shape index (κ1) is 24.4. The molecule has 0 aliphatic carbocycles. The van der Waals surface area contributed by atoms with Gasteiger partial charge < -0.3 is 14.0 Å². The number of benzene rings is 4. The summed E-state index contributed by atoms with van der Waals surface area (Å²) >= 11 is 0. The zero-order chi connectivity index (χ0) is 26.8. The molecule has 0 radical (unpaired) electrons. The van der Waals surface area contributed by atoms with E-state index in [4.69, 9.17) is 14.5 Å². The van der Waals surface area contributed by atoms with E-state index in [9.17, 15) is 9.59 Å². The maximum Gasteiger partial charge on any atom is 0.321 e. The summed E-state index contributed by atoms with van der Waals surface area (Å²) in [6, 6.07) is 33.7. The number of para-hydroxylation sites is 3. The quantitative estimate of drug-likeness (QED) is 0.191. The van der Waals surface area contributed by atoms with E-state index in [1.807, 2.05) is 114 Å². The minimum absolute atomic E-state index is 0.169. The summed E-state index contributed by atoms with van der Waals surface area (Å²) in [6.45, 7) is 2.19. The van der Waals surface area contributed by atoms with E-state index in [1.165, 1.54) is 0 Å². The molecule has 6 rings (SSSR count). The van der Waals surface area contributed by atoms with Crippen molar-refractivity contribution in [1.82, 2.24) is 9.55 Å². The third-order valence-electron chi connectivity index (χ3n) is 6.85. The van der Waals surface area contributed by atoms with Crippen LogP contribution >= 0.6 is 0 Å². The average Bonchev–Trinajstić information content (AvgIpc) is 3.35. The lowest BCUT2D eigenvalue weighted by Gasteiger charge is -2.38. The Hall–Kier alpha value is -4.91. The molecule has 0 saturated carbocycles. The van der Waals surface area contributed by atoms with Crippen LogP contribution in [0, 0.1) is 5.92 Å². The van der Waals surface area contributed by atoms with Crippen LogP contribution in [0.5, 0.6) is 11.5 Å². The molecule has 2 atom stereocenters. The van der Waals surface area contributed by atoms with Crippen LogP contribution in [0.3, 0.4) is 0 Å². The van der Waals surface area contributed by atoms with E-state index in [1.54, 1.807) is 11.8 Å². The molecule has 7 heteroatoms. The van der Waals surface area contributed by atoms with Crippen molar-refractivity contribution in [2.24, 2.45) is 5.92 Å². The fraction of sp³-hybridized carbons (Fsp3) is 0.156. The smallest absolute Gasteiger partial charge is 0.321 e. The van der Waals surface area contributed by atoms with Gasteiger partial charge in [-0.1, -0.05) is 72.8 Å². The lowest BCUT2D eigenvalue weighted by atomic mass is 9.89. The first-order chi connectivity index (χ1) is 19.1. The zero-order valence-electron chi connectivity index (χ0n) is 21.4. The molecule has 2 heterocycles. The molecule has 0 bridgehead atoms. The normalized spacial score (nSPS) is 16.6. The molecule has 0 fully saturated rings. The van der Waals surface area contributed by atoms with Gasteiger partial charge in [-0.2, -0.15) is 0 Å². The lowest BCUT2D eigenvalue weighted by molar-refractivity contribution is -0.153. The highest BCUT2D eigenvalue weighted by molar-refractivity contribution is 6.08. The van der Waals surface area contributed by atoms with Crippen molar-refractivity contribution in [2.75, 3.05) is 11.5 Å². The van der Waals surface area contributed by atoms with Gasteiger partial charge in [-0.3, -0.25) is 14.5 Å². The van der Waals surface area contributed by atoms with Gasteiger partial charge in [0.15, 0.2) is 5.92 Å². The first-order valence-electron chi connectivity index (χ1n) is 13.0. The van der Waals surface area contributed by atoms with Crippen molar-refractivity contribution in [1.29, 1.82) is 0 Å². The predicted octanol–water partition coefficient (Wildman–Crippen LogP) is 6.14. The van der Waals surface area contributed by atoms with Crippen LogP contribution in [-0.2, 0) is 20.9 Å². The third kappa shape index (κ3) is 4.63. The summed E-state index contributed by atoms with van der Waals surface area (Å²) in [5.74, 6) is -0.232. The van der Waals surface area contributed by atoms with Gasteiger partial charge >= 0.3 is 5.97 Å². The van der Waals surface area contributed by atoms with Crippen LogP contribution < -0.4 is 9.64 Å². The zero-order valence-corrected chi connectivity index (χ0v) is 21.4. The Morgan fingerprint density at radius 3 is 2.31 bits per heavy atom. The van der Waals surface area contributed by atoms with Gasteiger partial charge in [0.2, 0.25) is 11.9 Å². The summed E-state index contributed by atoms with van der Waals surface area (Å²) in [5, 5.41) is 0. The van der Waals surface area contributed by atoms with E-state index < -0.39 is 17.9 Å². The number of carbonyl (C=O) groups is 2. The molecule has 0 unspecified atom stereocenters. The van der Waals surface area contributed by atoms with Gasteiger partial charge in [0.25, 0.3) is 0 Å². The Morgan fingerprint density at radius 1 is 0.846 bits per heavy atom. The number of hydrogen-bond acceptors (Lipinski definition) is 5. The molecule has 7 nitrogen and oxygen atoms in total. The Balaban J connectivity index is 1.52. The number of carbonyl (C=O) groups excluding carboxylic acids is 2. The second kappa shape index (κ2) is 10.5. The molecule has 0 N–H and O–H groups in total. The van der Waals surface area contributed by atoms with E-state index in [2.05, 4.69) is 0 Å². The largest absolute Gasteiger partial charge is 0.465 e. The highest BCUT2D eigenvalue weighted by Crippen LogP contribution is 2.42. The summed E-state index contributed by atoms with van der Waals surface area (Å²) in [5.41, 5.74) is 3.25.